The summed E-state index contributed by atoms with van der Waals surface area (Å²) in [5.41, 5.74) is 1.22. The summed E-state index contributed by atoms with van der Waals surface area (Å²) in [6, 6.07) is 4.04. The zero-order valence-electron chi connectivity index (χ0n) is 5.52. The van der Waals surface area contributed by atoms with Gasteiger partial charge in [0.25, 0.3) is 0 Å². The topological polar surface area (TPSA) is 23.8 Å². The molecule has 3 heteroatoms. The molecular formula is C7H6BrNS. The molecule has 0 aliphatic carbocycles. The molecule has 52 valence electrons. The lowest BCUT2D eigenvalue weighted by molar-refractivity contribution is 1.15. The molecule has 0 N–H and O–H groups in total. The van der Waals surface area contributed by atoms with Crippen molar-refractivity contribution in [3.05, 3.63) is 20.3 Å². The van der Waals surface area contributed by atoms with Gasteiger partial charge in [-0.1, -0.05) is 6.92 Å². The molecule has 0 aromatic carbocycles. The number of nitrogens with zero attached hydrogens (tertiary/aromatic N) is 1. The van der Waals surface area contributed by atoms with Crippen molar-refractivity contribution in [2.24, 2.45) is 0 Å². The van der Waals surface area contributed by atoms with E-state index in [1.54, 1.807) is 0 Å². The number of thiophene rings is 1. The monoisotopic (exact) mass is 215 g/mol. The fourth-order valence-electron chi connectivity index (χ4n) is 0.703. The number of hydrogen-bond acceptors (Lipinski definition) is 2. The molecule has 1 rings (SSSR count). The largest absolute Gasteiger partial charge is 0.192 e. The maximum atomic E-state index is 8.51. The summed E-state index contributed by atoms with van der Waals surface area (Å²) in [7, 11) is 0. The van der Waals surface area contributed by atoms with Crippen LogP contribution < -0.4 is 0 Å². The minimum absolute atomic E-state index is 0.781. The van der Waals surface area contributed by atoms with E-state index in [4.69, 9.17) is 5.26 Å². The van der Waals surface area contributed by atoms with Crippen molar-refractivity contribution in [2.45, 2.75) is 13.3 Å². The van der Waals surface area contributed by atoms with Crippen LogP contribution in [0.5, 0.6) is 0 Å². The third-order valence-electron chi connectivity index (χ3n) is 1.25. The van der Waals surface area contributed by atoms with E-state index >= 15 is 0 Å². The summed E-state index contributed by atoms with van der Waals surface area (Å²) in [5, 5.41) is 8.51. The lowest BCUT2D eigenvalue weighted by Gasteiger charge is -1.85. The molecule has 1 nitrogen and oxygen atoms in total. The highest BCUT2D eigenvalue weighted by atomic mass is 79.9. The molecule has 0 radical (unpaired) electrons. The Hall–Kier alpha value is -0.330. The van der Waals surface area contributed by atoms with Gasteiger partial charge in [-0.3, -0.25) is 0 Å². The number of hydrogen-bond donors (Lipinski definition) is 0. The first kappa shape index (κ1) is 7.77. The van der Waals surface area contributed by atoms with Gasteiger partial charge in [-0.05, 0) is 34.0 Å². The average molecular weight is 216 g/mol. The van der Waals surface area contributed by atoms with Gasteiger partial charge < -0.3 is 0 Å². The van der Waals surface area contributed by atoms with Gasteiger partial charge in [0.2, 0.25) is 0 Å². The Labute approximate surface area is 72.4 Å². The van der Waals surface area contributed by atoms with Crippen molar-refractivity contribution >= 4 is 27.3 Å². The molecule has 1 heterocycles. The van der Waals surface area contributed by atoms with Gasteiger partial charge in [-0.15, -0.1) is 11.3 Å². The van der Waals surface area contributed by atoms with Crippen molar-refractivity contribution < 1.29 is 0 Å². The molecule has 0 bridgehead atoms. The van der Waals surface area contributed by atoms with Crippen LogP contribution in [-0.2, 0) is 6.42 Å². The fraction of sp³-hybridized carbons (Fsp3) is 0.286. The molecule has 0 unspecified atom stereocenters. The maximum Gasteiger partial charge on any atom is 0.110 e. The van der Waals surface area contributed by atoms with Crippen LogP contribution in [0.25, 0.3) is 0 Å². The predicted molar refractivity (Wildman–Crippen MR) is 46.1 cm³/mol. The Bertz CT molecular complexity index is 272. The van der Waals surface area contributed by atoms with Gasteiger partial charge in [0.1, 0.15) is 10.9 Å². The summed E-state index contributed by atoms with van der Waals surface area (Å²) in [4.78, 5) is 0.781. The van der Waals surface area contributed by atoms with E-state index in [0.29, 0.717) is 0 Å². The predicted octanol–water partition coefficient (Wildman–Crippen LogP) is 2.94. The van der Waals surface area contributed by atoms with Gasteiger partial charge in [-0.2, -0.15) is 5.26 Å². The zero-order valence-corrected chi connectivity index (χ0v) is 7.92. The van der Waals surface area contributed by atoms with E-state index in [1.807, 2.05) is 6.07 Å². The Morgan fingerprint density at radius 1 is 1.80 bits per heavy atom. The minimum Gasteiger partial charge on any atom is -0.192 e. The minimum atomic E-state index is 0.781. The van der Waals surface area contributed by atoms with Crippen molar-refractivity contribution in [1.82, 2.24) is 0 Å². The van der Waals surface area contributed by atoms with Crippen LogP contribution in [0.3, 0.4) is 0 Å². The first-order valence-corrected chi connectivity index (χ1v) is 4.57. The zero-order chi connectivity index (χ0) is 7.56. The van der Waals surface area contributed by atoms with Crippen LogP contribution in [0.15, 0.2) is 9.85 Å². The normalized spacial score (nSPS) is 9.30. The third kappa shape index (κ3) is 1.39. The molecular weight excluding hydrogens is 210 g/mol. The SMILES string of the molecule is CCc1cc(C#N)sc1Br. The van der Waals surface area contributed by atoms with Gasteiger partial charge in [0.15, 0.2) is 0 Å². The Balaban J connectivity index is 3.07. The van der Waals surface area contributed by atoms with E-state index in [2.05, 4.69) is 28.9 Å². The van der Waals surface area contributed by atoms with E-state index in [-0.39, 0.29) is 0 Å². The van der Waals surface area contributed by atoms with E-state index in [1.165, 1.54) is 16.9 Å². The highest BCUT2D eigenvalue weighted by molar-refractivity contribution is 9.11. The lowest BCUT2D eigenvalue weighted by atomic mass is 10.2. The smallest absolute Gasteiger partial charge is 0.110 e. The Morgan fingerprint density at radius 2 is 2.50 bits per heavy atom. The maximum absolute atomic E-state index is 8.51. The highest BCUT2D eigenvalue weighted by Crippen LogP contribution is 2.27. The Morgan fingerprint density at radius 3 is 2.80 bits per heavy atom. The van der Waals surface area contributed by atoms with Gasteiger partial charge in [0.05, 0.1) is 3.79 Å². The second-order valence-electron chi connectivity index (χ2n) is 1.87. The summed E-state index contributed by atoms with van der Waals surface area (Å²) in [6.45, 7) is 2.08. The van der Waals surface area contributed by atoms with Gasteiger partial charge >= 0.3 is 0 Å². The quantitative estimate of drug-likeness (QED) is 0.707. The van der Waals surface area contributed by atoms with Crippen molar-refractivity contribution in [3.63, 3.8) is 0 Å². The van der Waals surface area contributed by atoms with Crippen LogP contribution >= 0.6 is 27.3 Å². The molecule has 0 saturated carbocycles. The van der Waals surface area contributed by atoms with Gasteiger partial charge in [0, 0.05) is 0 Å². The first-order valence-electron chi connectivity index (χ1n) is 2.96. The van der Waals surface area contributed by atoms with Crippen molar-refractivity contribution in [3.8, 4) is 6.07 Å². The van der Waals surface area contributed by atoms with E-state index in [0.717, 1.165) is 15.1 Å². The van der Waals surface area contributed by atoms with E-state index < -0.39 is 0 Å². The lowest BCUT2D eigenvalue weighted by Crippen LogP contribution is -1.71. The number of aryl methyl sites for hydroxylation is 1. The van der Waals surface area contributed by atoms with Gasteiger partial charge in [-0.25, -0.2) is 0 Å². The van der Waals surface area contributed by atoms with Crippen LogP contribution in [0, 0.1) is 11.3 Å². The molecule has 0 atom stereocenters. The molecule has 1 aromatic heterocycles. The molecule has 10 heavy (non-hydrogen) atoms. The van der Waals surface area contributed by atoms with Crippen LogP contribution in [0.4, 0.5) is 0 Å². The molecule has 0 aliphatic rings. The average Bonchev–Trinajstić information content (AvgIpc) is 2.30. The van der Waals surface area contributed by atoms with Crippen LogP contribution in [0.2, 0.25) is 0 Å². The van der Waals surface area contributed by atoms with Crippen LogP contribution in [0.1, 0.15) is 17.4 Å². The van der Waals surface area contributed by atoms with Crippen LogP contribution in [-0.4, -0.2) is 0 Å². The number of rotatable bonds is 1. The summed E-state index contributed by atoms with van der Waals surface area (Å²) < 4.78 is 1.09. The first-order chi connectivity index (χ1) is 4.77. The second-order valence-corrected chi connectivity index (χ2v) is 4.25. The molecule has 0 spiro atoms. The summed E-state index contributed by atoms with van der Waals surface area (Å²) in [5.74, 6) is 0. The molecule has 0 saturated heterocycles. The third-order valence-corrected chi connectivity index (χ3v) is 3.11. The molecule has 1 aromatic rings. The molecule has 0 aliphatic heterocycles. The molecule has 0 amide bonds. The number of nitriles is 1. The van der Waals surface area contributed by atoms with E-state index in [9.17, 15) is 0 Å². The standard InChI is InChI=1S/C7H6BrNS/c1-2-5-3-6(4-9)10-7(5)8/h3H,2H2,1H3. The summed E-state index contributed by atoms with van der Waals surface area (Å²) in [6.07, 6.45) is 0.985. The fourth-order valence-corrected chi connectivity index (χ4v) is 2.39. The second kappa shape index (κ2) is 3.18. The van der Waals surface area contributed by atoms with Crippen molar-refractivity contribution in [1.29, 1.82) is 5.26 Å². The highest BCUT2D eigenvalue weighted by Gasteiger charge is 2.02. The Kier molecular flexibility index (Phi) is 2.47. The summed E-state index contributed by atoms with van der Waals surface area (Å²) >= 11 is 4.88. The number of halogens is 1. The van der Waals surface area contributed by atoms with Crippen molar-refractivity contribution in [2.75, 3.05) is 0 Å². The molecule has 0 fully saturated rings.